The van der Waals surface area contributed by atoms with Gasteiger partial charge in [-0.3, -0.25) is 9.59 Å². The van der Waals surface area contributed by atoms with E-state index < -0.39 is 17.5 Å². The number of carbonyl (C=O) groups is 3. The molecule has 138 valence electrons. The van der Waals surface area contributed by atoms with Crippen molar-refractivity contribution in [2.75, 3.05) is 20.1 Å². The van der Waals surface area contributed by atoms with E-state index in [0.717, 1.165) is 18.4 Å². The highest BCUT2D eigenvalue weighted by Gasteiger charge is 2.33. The van der Waals surface area contributed by atoms with Crippen LogP contribution in [0.5, 0.6) is 0 Å². The number of hydrogen-bond donors (Lipinski definition) is 1. The number of likely N-dealkylation sites (tertiary alicyclic amines) is 1. The Balaban J connectivity index is 1.73. The van der Waals surface area contributed by atoms with Crippen molar-refractivity contribution in [3.8, 4) is 0 Å². The lowest BCUT2D eigenvalue weighted by Gasteiger charge is -2.24. The number of nitrogens with zero attached hydrogens (tertiary/aromatic N) is 2. The van der Waals surface area contributed by atoms with Gasteiger partial charge in [0.15, 0.2) is 0 Å². The number of benzene rings is 1. The Bertz CT molecular complexity index is 880. The van der Waals surface area contributed by atoms with Crippen molar-refractivity contribution in [2.24, 2.45) is 5.92 Å². The van der Waals surface area contributed by atoms with E-state index in [1.165, 1.54) is 18.0 Å². The Morgan fingerprint density at radius 1 is 1.35 bits per heavy atom. The quantitative estimate of drug-likeness (QED) is 0.844. The topological polar surface area (TPSA) is 73.5 Å². The lowest BCUT2D eigenvalue weighted by molar-refractivity contribution is -0.132. The second kappa shape index (κ2) is 6.86. The van der Waals surface area contributed by atoms with Gasteiger partial charge in [-0.2, -0.15) is 0 Å². The fourth-order valence-electron chi connectivity index (χ4n) is 3.37. The molecule has 26 heavy (non-hydrogen) atoms. The maximum atomic E-state index is 13.8. The summed E-state index contributed by atoms with van der Waals surface area (Å²) in [6.07, 6.45) is 1.45. The number of fused-ring (bicyclic) bond motifs is 1. The summed E-state index contributed by atoms with van der Waals surface area (Å²) in [7, 11) is 1.46. The van der Waals surface area contributed by atoms with Crippen LogP contribution in [-0.2, 0) is 9.59 Å². The van der Waals surface area contributed by atoms with E-state index in [1.54, 1.807) is 4.90 Å². The number of H-pyrrole nitrogens is 1. The molecular formula is C18H19F2N3O3. The molecule has 1 unspecified atom stereocenters. The Kier molecular flexibility index (Phi) is 4.76. The average molecular weight is 363 g/mol. The SMILES string of the molecule is C[C@H]1CC(C=O)CN1C(=O)CN(C)C(=O)c1cc2c(F)cc(F)cc2[nH]1. The Labute approximate surface area is 148 Å². The number of likely N-dealkylation sites (N-methyl/N-ethyl adjacent to an activating group) is 1. The van der Waals surface area contributed by atoms with Crippen molar-refractivity contribution in [3.63, 3.8) is 0 Å². The van der Waals surface area contributed by atoms with Crippen LogP contribution in [0, 0.1) is 17.6 Å². The molecule has 0 saturated carbocycles. The molecule has 1 aliphatic rings. The number of rotatable bonds is 4. The summed E-state index contributed by atoms with van der Waals surface area (Å²) in [5, 5.41) is 0.108. The van der Waals surface area contributed by atoms with Crippen molar-refractivity contribution < 1.29 is 23.2 Å². The summed E-state index contributed by atoms with van der Waals surface area (Å²) < 4.78 is 27.1. The zero-order valence-corrected chi connectivity index (χ0v) is 14.5. The fraction of sp³-hybridized carbons (Fsp3) is 0.389. The zero-order chi connectivity index (χ0) is 19.0. The standard InChI is InChI=1S/C18H19F2N3O3/c1-10-3-11(9-24)7-23(10)17(25)8-22(2)18(26)16-6-13-14(20)4-12(19)5-15(13)21-16/h4-6,9-11,21H,3,7-8H2,1-2H3/t10-,11?/m0/s1. The van der Waals surface area contributed by atoms with Crippen LogP contribution in [0.4, 0.5) is 8.78 Å². The number of amides is 2. The summed E-state index contributed by atoms with van der Waals surface area (Å²) in [6, 6.07) is 3.09. The van der Waals surface area contributed by atoms with Crippen LogP contribution in [0.3, 0.4) is 0 Å². The monoisotopic (exact) mass is 363 g/mol. The van der Waals surface area contributed by atoms with E-state index in [0.29, 0.717) is 13.0 Å². The minimum Gasteiger partial charge on any atom is -0.350 e. The van der Waals surface area contributed by atoms with E-state index in [2.05, 4.69) is 4.98 Å². The first kappa shape index (κ1) is 18.0. The van der Waals surface area contributed by atoms with E-state index in [4.69, 9.17) is 0 Å². The molecule has 0 spiro atoms. The first-order chi connectivity index (χ1) is 12.3. The van der Waals surface area contributed by atoms with Gasteiger partial charge in [0.25, 0.3) is 5.91 Å². The van der Waals surface area contributed by atoms with Gasteiger partial charge in [-0.25, -0.2) is 8.78 Å². The normalized spacial score (nSPS) is 19.8. The van der Waals surface area contributed by atoms with E-state index in [9.17, 15) is 23.2 Å². The van der Waals surface area contributed by atoms with Gasteiger partial charge in [-0.1, -0.05) is 0 Å². The third kappa shape index (κ3) is 3.31. The molecule has 1 aromatic heterocycles. The maximum Gasteiger partial charge on any atom is 0.270 e. The minimum atomic E-state index is -0.764. The largest absolute Gasteiger partial charge is 0.350 e. The van der Waals surface area contributed by atoms with Gasteiger partial charge < -0.3 is 19.6 Å². The van der Waals surface area contributed by atoms with Gasteiger partial charge in [0.1, 0.15) is 23.6 Å². The molecule has 2 amide bonds. The fourth-order valence-corrected chi connectivity index (χ4v) is 3.37. The predicted octanol–water partition coefficient (Wildman–Crippen LogP) is 1.95. The molecular weight excluding hydrogens is 344 g/mol. The van der Waals surface area contributed by atoms with E-state index in [-0.39, 0.29) is 41.0 Å². The second-order valence-electron chi connectivity index (χ2n) is 6.72. The maximum absolute atomic E-state index is 13.8. The van der Waals surface area contributed by atoms with Crippen molar-refractivity contribution in [2.45, 2.75) is 19.4 Å². The summed E-state index contributed by atoms with van der Waals surface area (Å²) in [5.41, 5.74) is 0.243. The Morgan fingerprint density at radius 3 is 2.73 bits per heavy atom. The molecule has 2 heterocycles. The van der Waals surface area contributed by atoms with Crippen molar-refractivity contribution in [3.05, 3.63) is 35.5 Å². The highest BCUT2D eigenvalue weighted by atomic mass is 19.1. The number of hydrogen-bond acceptors (Lipinski definition) is 3. The highest BCUT2D eigenvalue weighted by Crippen LogP contribution is 2.23. The smallest absolute Gasteiger partial charge is 0.270 e. The molecule has 0 radical (unpaired) electrons. The predicted molar refractivity (Wildman–Crippen MR) is 90.5 cm³/mol. The van der Waals surface area contributed by atoms with Gasteiger partial charge >= 0.3 is 0 Å². The molecule has 0 aliphatic carbocycles. The summed E-state index contributed by atoms with van der Waals surface area (Å²) in [5.74, 6) is -2.45. The second-order valence-corrected chi connectivity index (χ2v) is 6.72. The average Bonchev–Trinajstić information content (AvgIpc) is 3.17. The van der Waals surface area contributed by atoms with Crippen LogP contribution < -0.4 is 0 Å². The van der Waals surface area contributed by atoms with Crippen LogP contribution in [0.25, 0.3) is 10.9 Å². The number of nitrogens with one attached hydrogen (secondary N) is 1. The Morgan fingerprint density at radius 2 is 2.08 bits per heavy atom. The molecule has 8 heteroatoms. The van der Waals surface area contributed by atoms with Crippen LogP contribution in [0.1, 0.15) is 23.8 Å². The van der Waals surface area contributed by atoms with Gasteiger partial charge in [-0.05, 0) is 25.5 Å². The Hall–Kier alpha value is -2.77. The minimum absolute atomic E-state index is 0.0636. The van der Waals surface area contributed by atoms with Crippen molar-refractivity contribution in [1.29, 1.82) is 0 Å². The third-order valence-corrected chi connectivity index (χ3v) is 4.72. The van der Waals surface area contributed by atoms with Crippen molar-refractivity contribution >= 4 is 29.0 Å². The molecule has 2 atom stereocenters. The van der Waals surface area contributed by atoms with Gasteiger partial charge in [-0.15, -0.1) is 0 Å². The number of carbonyl (C=O) groups excluding carboxylic acids is 3. The summed E-state index contributed by atoms with van der Waals surface area (Å²) in [6.45, 7) is 2.04. The van der Waals surface area contributed by atoms with Gasteiger partial charge in [0.2, 0.25) is 5.91 Å². The van der Waals surface area contributed by atoms with Gasteiger partial charge in [0.05, 0.1) is 12.1 Å². The molecule has 6 nitrogen and oxygen atoms in total. The first-order valence-electron chi connectivity index (χ1n) is 8.28. The lowest BCUT2D eigenvalue weighted by Crippen LogP contribution is -2.42. The number of halogens is 2. The van der Waals surface area contributed by atoms with E-state index in [1.807, 2.05) is 6.92 Å². The van der Waals surface area contributed by atoms with E-state index >= 15 is 0 Å². The molecule has 1 aliphatic heterocycles. The molecule has 1 N–H and O–H groups in total. The highest BCUT2D eigenvalue weighted by molar-refractivity contribution is 5.99. The third-order valence-electron chi connectivity index (χ3n) is 4.72. The first-order valence-corrected chi connectivity index (χ1v) is 8.28. The van der Waals surface area contributed by atoms with Crippen molar-refractivity contribution in [1.82, 2.24) is 14.8 Å². The van der Waals surface area contributed by atoms with Crippen LogP contribution in [-0.4, -0.2) is 59.1 Å². The molecule has 1 saturated heterocycles. The number of aldehydes is 1. The summed E-state index contributed by atoms with van der Waals surface area (Å²) >= 11 is 0. The number of aromatic nitrogens is 1. The van der Waals surface area contributed by atoms with Crippen LogP contribution >= 0.6 is 0 Å². The zero-order valence-electron chi connectivity index (χ0n) is 14.5. The lowest BCUT2D eigenvalue weighted by atomic mass is 10.1. The molecule has 2 aromatic rings. The van der Waals surface area contributed by atoms with Gasteiger partial charge in [0, 0.05) is 37.0 Å². The summed E-state index contributed by atoms with van der Waals surface area (Å²) in [4.78, 5) is 41.3. The molecule has 1 aromatic carbocycles. The molecule has 3 rings (SSSR count). The molecule has 0 bridgehead atoms. The number of aromatic amines is 1. The van der Waals surface area contributed by atoms with Crippen LogP contribution in [0.15, 0.2) is 18.2 Å². The molecule has 1 fully saturated rings. The van der Waals surface area contributed by atoms with Crippen LogP contribution in [0.2, 0.25) is 0 Å².